The molecule has 0 saturated carbocycles. The normalized spacial score (nSPS) is 17.3. The SMILES string of the molecule is O=C1CCC(=O)COC(=O)c2ccccc2NC(=O)OC1. The molecule has 0 radical (unpaired) electrons. The fourth-order valence-electron chi connectivity index (χ4n) is 1.71. The fourth-order valence-corrected chi connectivity index (χ4v) is 1.71. The Bertz CT molecular complexity index is 595. The van der Waals surface area contributed by atoms with Gasteiger partial charge >= 0.3 is 12.1 Å². The lowest BCUT2D eigenvalue weighted by Gasteiger charge is -2.09. The maximum atomic E-state index is 11.9. The number of benzene rings is 1. The van der Waals surface area contributed by atoms with Gasteiger partial charge in [-0.05, 0) is 12.1 Å². The van der Waals surface area contributed by atoms with Gasteiger partial charge in [0.15, 0.2) is 18.2 Å². The van der Waals surface area contributed by atoms with Gasteiger partial charge in [-0.1, -0.05) is 12.1 Å². The first-order valence-electron chi connectivity index (χ1n) is 6.29. The Kier molecular flexibility index (Phi) is 4.65. The van der Waals surface area contributed by atoms with Crippen LogP contribution in [0.15, 0.2) is 24.3 Å². The first kappa shape index (κ1) is 14.7. The van der Waals surface area contributed by atoms with E-state index >= 15 is 0 Å². The molecule has 1 aromatic carbocycles. The second-order valence-electron chi connectivity index (χ2n) is 4.40. The summed E-state index contributed by atoms with van der Waals surface area (Å²) in [6.07, 6.45) is -0.968. The number of hydrogen-bond acceptors (Lipinski definition) is 6. The third-order valence-electron chi connectivity index (χ3n) is 2.79. The summed E-state index contributed by atoms with van der Waals surface area (Å²) in [5, 5.41) is 2.36. The summed E-state index contributed by atoms with van der Waals surface area (Å²) in [4.78, 5) is 46.4. The van der Waals surface area contributed by atoms with Crippen molar-refractivity contribution in [1.82, 2.24) is 0 Å². The number of carbonyl (C=O) groups excluding carboxylic acids is 4. The third-order valence-corrected chi connectivity index (χ3v) is 2.79. The summed E-state index contributed by atoms with van der Waals surface area (Å²) in [5.41, 5.74) is 0.291. The van der Waals surface area contributed by atoms with Crippen molar-refractivity contribution in [3.63, 3.8) is 0 Å². The van der Waals surface area contributed by atoms with Gasteiger partial charge in [0.05, 0.1) is 11.3 Å². The van der Waals surface area contributed by atoms with Gasteiger partial charge in [-0.15, -0.1) is 0 Å². The average Bonchev–Trinajstić information content (AvgIpc) is 2.49. The molecule has 0 spiro atoms. The third kappa shape index (κ3) is 4.13. The molecule has 1 aromatic rings. The Morgan fingerprint density at radius 3 is 2.19 bits per heavy atom. The van der Waals surface area contributed by atoms with E-state index in [0.29, 0.717) is 0 Å². The molecule has 0 fully saturated rings. The van der Waals surface area contributed by atoms with Gasteiger partial charge in [-0.3, -0.25) is 14.9 Å². The summed E-state index contributed by atoms with van der Waals surface area (Å²) in [7, 11) is 0. The Labute approximate surface area is 120 Å². The minimum Gasteiger partial charge on any atom is -0.454 e. The molecule has 21 heavy (non-hydrogen) atoms. The number of anilines is 1. The number of fused-ring (bicyclic) bond motifs is 1. The van der Waals surface area contributed by atoms with Crippen molar-refractivity contribution in [2.45, 2.75) is 12.8 Å². The van der Waals surface area contributed by atoms with Crippen LogP contribution in [0.3, 0.4) is 0 Å². The number of ketones is 2. The van der Waals surface area contributed by atoms with Crippen molar-refractivity contribution >= 4 is 29.3 Å². The van der Waals surface area contributed by atoms with E-state index in [1.54, 1.807) is 12.1 Å². The van der Waals surface area contributed by atoms with Gasteiger partial charge in [0.25, 0.3) is 0 Å². The molecule has 1 heterocycles. The van der Waals surface area contributed by atoms with E-state index in [4.69, 9.17) is 9.47 Å². The zero-order valence-electron chi connectivity index (χ0n) is 11.1. The minimum absolute atomic E-state index is 0.0568. The largest absolute Gasteiger partial charge is 0.454 e. The molecule has 1 N–H and O–H groups in total. The number of ether oxygens (including phenoxy) is 2. The zero-order chi connectivity index (χ0) is 15.2. The molecule has 0 aromatic heterocycles. The molecular weight excluding hydrogens is 278 g/mol. The second kappa shape index (κ2) is 6.65. The number of amides is 1. The van der Waals surface area contributed by atoms with Crippen LogP contribution in [0, 0.1) is 0 Å². The molecule has 1 amide bonds. The summed E-state index contributed by atoms with van der Waals surface area (Å²) < 4.78 is 9.61. The predicted molar refractivity (Wildman–Crippen MR) is 70.9 cm³/mol. The summed E-state index contributed by atoms with van der Waals surface area (Å²) in [6, 6.07) is 6.14. The Morgan fingerprint density at radius 1 is 0.857 bits per heavy atom. The van der Waals surface area contributed by atoms with E-state index in [1.807, 2.05) is 0 Å². The molecule has 0 aliphatic carbocycles. The number of rotatable bonds is 0. The Morgan fingerprint density at radius 2 is 1.48 bits per heavy atom. The lowest BCUT2D eigenvalue weighted by molar-refractivity contribution is -0.127. The highest BCUT2D eigenvalue weighted by Crippen LogP contribution is 2.17. The van der Waals surface area contributed by atoms with Crippen LogP contribution >= 0.6 is 0 Å². The Hall–Kier alpha value is -2.70. The van der Waals surface area contributed by atoms with Gasteiger partial charge in [0.2, 0.25) is 0 Å². The van der Waals surface area contributed by atoms with Gasteiger partial charge in [0.1, 0.15) is 6.61 Å². The number of cyclic esters (lactones) is 2. The molecule has 7 heteroatoms. The van der Waals surface area contributed by atoms with Crippen molar-refractivity contribution in [3.8, 4) is 0 Å². The molecule has 110 valence electrons. The molecule has 1 aliphatic heterocycles. The first-order valence-corrected chi connectivity index (χ1v) is 6.29. The number of para-hydroxylation sites is 1. The van der Waals surface area contributed by atoms with E-state index in [-0.39, 0.29) is 35.7 Å². The van der Waals surface area contributed by atoms with E-state index in [1.165, 1.54) is 12.1 Å². The van der Waals surface area contributed by atoms with Gasteiger partial charge in [-0.2, -0.15) is 0 Å². The van der Waals surface area contributed by atoms with E-state index < -0.39 is 25.3 Å². The number of Topliss-reactive ketones (excluding diaryl/α,β-unsaturated/α-hetero) is 2. The Balaban J connectivity index is 2.23. The van der Waals surface area contributed by atoms with Crippen LogP contribution in [-0.4, -0.2) is 36.8 Å². The predicted octanol–water partition coefficient (Wildman–Crippen LogP) is 1.32. The van der Waals surface area contributed by atoms with E-state index in [0.717, 1.165) is 0 Å². The molecule has 7 nitrogen and oxygen atoms in total. The highest BCUT2D eigenvalue weighted by molar-refractivity contribution is 6.01. The number of carbonyl (C=O) groups is 4. The molecule has 1 aliphatic rings. The van der Waals surface area contributed by atoms with Gasteiger partial charge in [-0.25, -0.2) is 9.59 Å². The van der Waals surface area contributed by atoms with Crippen LogP contribution in [0.5, 0.6) is 0 Å². The zero-order valence-corrected chi connectivity index (χ0v) is 11.1. The molecule has 0 atom stereocenters. The lowest BCUT2D eigenvalue weighted by atomic mass is 10.1. The second-order valence-corrected chi connectivity index (χ2v) is 4.40. The van der Waals surface area contributed by atoms with Crippen LogP contribution in [0.2, 0.25) is 0 Å². The van der Waals surface area contributed by atoms with E-state index in [2.05, 4.69) is 5.32 Å². The molecule has 0 unspecified atom stereocenters. The minimum atomic E-state index is -0.853. The topological polar surface area (TPSA) is 98.8 Å². The summed E-state index contributed by atoms with van der Waals surface area (Å²) in [6.45, 7) is -0.828. The van der Waals surface area contributed by atoms with Crippen LogP contribution in [0.1, 0.15) is 23.2 Å². The van der Waals surface area contributed by atoms with Crippen molar-refractivity contribution in [2.75, 3.05) is 18.5 Å². The average molecular weight is 291 g/mol. The van der Waals surface area contributed by atoms with Crippen molar-refractivity contribution in [3.05, 3.63) is 29.8 Å². The highest BCUT2D eigenvalue weighted by Gasteiger charge is 2.18. The van der Waals surface area contributed by atoms with Gasteiger partial charge < -0.3 is 9.47 Å². The van der Waals surface area contributed by atoms with Crippen LogP contribution in [0.25, 0.3) is 0 Å². The molecule has 2 rings (SSSR count). The number of esters is 1. The number of nitrogens with one attached hydrogen (secondary N) is 1. The monoisotopic (exact) mass is 291 g/mol. The van der Waals surface area contributed by atoms with Gasteiger partial charge in [0, 0.05) is 12.8 Å². The molecule has 0 saturated heterocycles. The summed E-state index contributed by atoms with van der Waals surface area (Å²) >= 11 is 0. The van der Waals surface area contributed by atoms with Crippen LogP contribution in [0.4, 0.5) is 10.5 Å². The fraction of sp³-hybridized carbons (Fsp3) is 0.286. The maximum absolute atomic E-state index is 11.9. The van der Waals surface area contributed by atoms with E-state index in [9.17, 15) is 19.2 Å². The summed E-state index contributed by atoms with van der Waals surface area (Å²) in [5.74, 6) is -1.48. The highest BCUT2D eigenvalue weighted by atomic mass is 16.6. The quantitative estimate of drug-likeness (QED) is 0.724. The van der Waals surface area contributed by atoms with Crippen LogP contribution in [-0.2, 0) is 19.1 Å². The smallest absolute Gasteiger partial charge is 0.412 e. The standard InChI is InChI=1S/C14H13NO6/c16-9-5-6-10(17)8-21-14(19)15-12-4-2-1-3-11(12)13(18)20-7-9/h1-4H,5-8H2,(H,15,19). The lowest BCUT2D eigenvalue weighted by Crippen LogP contribution is -2.20. The van der Waals surface area contributed by atoms with Crippen LogP contribution < -0.4 is 5.32 Å². The number of hydrogen-bond donors (Lipinski definition) is 1. The molecule has 0 bridgehead atoms. The van der Waals surface area contributed by atoms with Crippen molar-refractivity contribution in [2.24, 2.45) is 0 Å². The van der Waals surface area contributed by atoms with Crippen molar-refractivity contribution in [1.29, 1.82) is 0 Å². The van der Waals surface area contributed by atoms with Crippen molar-refractivity contribution < 1.29 is 28.7 Å². The molecular formula is C14H13NO6. The first-order chi connectivity index (χ1) is 10.1. The maximum Gasteiger partial charge on any atom is 0.412 e.